The van der Waals surface area contributed by atoms with E-state index in [4.69, 9.17) is 4.74 Å². The van der Waals surface area contributed by atoms with Crippen LogP contribution >= 0.6 is 0 Å². The highest BCUT2D eigenvalue weighted by Crippen LogP contribution is 2.64. The van der Waals surface area contributed by atoms with Crippen LogP contribution in [0.3, 0.4) is 0 Å². The summed E-state index contributed by atoms with van der Waals surface area (Å²) in [7, 11) is 0. The van der Waals surface area contributed by atoms with Crippen LogP contribution in [0.4, 0.5) is 0 Å². The smallest absolute Gasteiger partial charge is 0.338 e. The summed E-state index contributed by atoms with van der Waals surface area (Å²) in [5.74, 6) is 2.89. The lowest BCUT2D eigenvalue weighted by Crippen LogP contribution is -2.54. The third kappa shape index (κ3) is 2.29. The highest BCUT2D eigenvalue weighted by Gasteiger charge is 2.56. The molecular formula is C19H26O2. The molecule has 1 aromatic carbocycles. The van der Waals surface area contributed by atoms with E-state index < -0.39 is 0 Å². The highest BCUT2D eigenvalue weighted by molar-refractivity contribution is 5.89. The van der Waals surface area contributed by atoms with Gasteiger partial charge in [0.2, 0.25) is 0 Å². The van der Waals surface area contributed by atoms with Crippen LogP contribution in [0.15, 0.2) is 24.3 Å². The van der Waals surface area contributed by atoms with Crippen molar-refractivity contribution in [1.82, 2.24) is 0 Å². The van der Waals surface area contributed by atoms with Gasteiger partial charge in [0.1, 0.15) is 0 Å². The van der Waals surface area contributed by atoms with Crippen molar-refractivity contribution in [2.24, 2.45) is 23.2 Å². The van der Waals surface area contributed by atoms with E-state index in [9.17, 15) is 4.79 Å². The van der Waals surface area contributed by atoms with Gasteiger partial charge in [-0.15, -0.1) is 0 Å². The van der Waals surface area contributed by atoms with Gasteiger partial charge in [0.15, 0.2) is 0 Å². The Balaban J connectivity index is 1.75. The summed E-state index contributed by atoms with van der Waals surface area (Å²) in [5, 5.41) is 0. The number of carbonyl (C=O) groups excluding carboxylic acids is 1. The molecule has 2 heteroatoms. The molecule has 2 nitrogen and oxygen atoms in total. The molecule has 3 fully saturated rings. The van der Waals surface area contributed by atoms with Crippen molar-refractivity contribution in [3.8, 4) is 0 Å². The van der Waals surface area contributed by atoms with E-state index in [0.29, 0.717) is 23.5 Å². The Kier molecular flexibility index (Phi) is 3.59. The minimum absolute atomic E-state index is 0.218. The molecule has 3 aliphatic carbocycles. The van der Waals surface area contributed by atoms with Crippen LogP contribution in [0.5, 0.6) is 0 Å². The van der Waals surface area contributed by atoms with E-state index in [1.54, 1.807) is 0 Å². The summed E-state index contributed by atoms with van der Waals surface area (Å²) >= 11 is 0. The fraction of sp³-hybridized carbons (Fsp3) is 0.632. The Bertz CT molecular complexity index is 529. The quantitative estimate of drug-likeness (QED) is 0.756. The lowest BCUT2D eigenvalue weighted by Gasteiger charge is -2.62. The van der Waals surface area contributed by atoms with Crippen molar-refractivity contribution in [2.45, 2.75) is 46.5 Å². The average Bonchev–Trinajstić information content (AvgIpc) is 2.47. The number of carbonyl (C=O) groups is 1. The second-order valence-corrected chi connectivity index (χ2v) is 7.40. The largest absolute Gasteiger partial charge is 0.462 e. The molecule has 0 aliphatic heterocycles. The van der Waals surface area contributed by atoms with Crippen LogP contribution in [-0.2, 0) is 4.74 Å². The minimum atomic E-state index is -0.218. The topological polar surface area (TPSA) is 26.3 Å². The zero-order valence-corrected chi connectivity index (χ0v) is 13.6. The number of benzene rings is 1. The minimum Gasteiger partial charge on any atom is -0.462 e. The van der Waals surface area contributed by atoms with E-state index in [-0.39, 0.29) is 5.97 Å². The third-order valence-corrected chi connectivity index (χ3v) is 6.20. The van der Waals surface area contributed by atoms with Crippen molar-refractivity contribution in [2.75, 3.05) is 6.61 Å². The molecule has 114 valence electrons. The van der Waals surface area contributed by atoms with E-state index in [2.05, 4.69) is 32.9 Å². The van der Waals surface area contributed by atoms with Crippen molar-refractivity contribution in [1.29, 1.82) is 0 Å². The molecule has 3 aliphatic rings. The van der Waals surface area contributed by atoms with E-state index in [0.717, 1.165) is 17.8 Å². The van der Waals surface area contributed by atoms with Crippen molar-refractivity contribution < 1.29 is 9.53 Å². The van der Waals surface area contributed by atoms with E-state index in [1.807, 2.05) is 19.1 Å². The van der Waals surface area contributed by atoms with E-state index in [1.165, 1.54) is 18.4 Å². The number of hydrogen-bond donors (Lipinski definition) is 0. The molecule has 0 heterocycles. The molecule has 4 rings (SSSR count). The number of rotatable bonds is 3. The molecule has 0 spiro atoms. The van der Waals surface area contributed by atoms with Gasteiger partial charge < -0.3 is 4.74 Å². The number of esters is 1. The summed E-state index contributed by atoms with van der Waals surface area (Å²) in [4.78, 5) is 11.7. The van der Waals surface area contributed by atoms with Crippen LogP contribution < -0.4 is 0 Å². The maximum absolute atomic E-state index is 11.7. The first-order valence-corrected chi connectivity index (χ1v) is 8.22. The van der Waals surface area contributed by atoms with Crippen molar-refractivity contribution in [3.63, 3.8) is 0 Å². The maximum Gasteiger partial charge on any atom is 0.338 e. The van der Waals surface area contributed by atoms with Gasteiger partial charge in [0.05, 0.1) is 12.2 Å². The molecule has 21 heavy (non-hydrogen) atoms. The predicted octanol–water partition coefficient (Wildman–Crippen LogP) is 4.65. The molecule has 0 unspecified atom stereocenters. The van der Waals surface area contributed by atoms with Gasteiger partial charge in [0, 0.05) is 0 Å². The second-order valence-electron chi connectivity index (χ2n) is 7.40. The molecule has 0 amide bonds. The SMILES string of the molecule is CCOC(=O)c1ccc([C@@H]2C[C@H]3C[C@@H]([C@@H]2C)C3(C)C)cc1. The van der Waals surface area contributed by atoms with Gasteiger partial charge in [-0.1, -0.05) is 32.9 Å². The van der Waals surface area contributed by atoms with Crippen LogP contribution in [0.1, 0.15) is 62.4 Å². The second kappa shape index (κ2) is 5.15. The maximum atomic E-state index is 11.7. The number of ether oxygens (including phenoxy) is 1. The molecule has 1 aromatic rings. The Labute approximate surface area is 127 Å². The van der Waals surface area contributed by atoms with Crippen molar-refractivity contribution in [3.05, 3.63) is 35.4 Å². The standard InChI is InChI=1S/C19H26O2/c1-5-21-18(20)14-8-6-13(7-9-14)16-10-15-11-17(12(16)2)19(15,3)4/h6-9,12,15-17H,5,10-11H2,1-4H3/t12-,15+,16-,17+/m1/s1. The zero-order valence-electron chi connectivity index (χ0n) is 13.6. The Hall–Kier alpha value is -1.31. The lowest BCUT2D eigenvalue weighted by molar-refractivity contribution is -0.110. The highest BCUT2D eigenvalue weighted by atomic mass is 16.5. The van der Waals surface area contributed by atoms with Crippen molar-refractivity contribution >= 4 is 5.97 Å². The summed E-state index contributed by atoms with van der Waals surface area (Å²) in [6.07, 6.45) is 2.70. The first-order chi connectivity index (χ1) is 9.95. The average molecular weight is 286 g/mol. The van der Waals surface area contributed by atoms with Crippen LogP contribution in [-0.4, -0.2) is 12.6 Å². The van der Waals surface area contributed by atoms with Gasteiger partial charge in [-0.05, 0) is 66.5 Å². The molecule has 0 saturated heterocycles. The fourth-order valence-corrected chi connectivity index (χ4v) is 4.67. The number of hydrogen-bond acceptors (Lipinski definition) is 2. The van der Waals surface area contributed by atoms with Gasteiger partial charge >= 0.3 is 5.97 Å². The molecule has 0 N–H and O–H groups in total. The molecule has 2 bridgehead atoms. The third-order valence-electron chi connectivity index (χ3n) is 6.20. The lowest BCUT2D eigenvalue weighted by atomic mass is 9.43. The Morgan fingerprint density at radius 2 is 1.90 bits per heavy atom. The van der Waals surface area contributed by atoms with Gasteiger partial charge in [0.25, 0.3) is 0 Å². The van der Waals surface area contributed by atoms with Crippen LogP contribution in [0.25, 0.3) is 0 Å². The molecule has 4 atom stereocenters. The number of fused-ring (bicyclic) bond motifs is 2. The molecule has 0 aromatic heterocycles. The summed E-state index contributed by atoms with van der Waals surface area (Å²) < 4.78 is 5.05. The molecule has 0 radical (unpaired) electrons. The van der Waals surface area contributed by atoms with Crippen LogP contribution in [0.2, 0.25) is 0 Å². The monoisotopic (exact) mass is 286 g/mol. The molecular weight excluding hydrogens is 260 g/mol. The first-order valence-electron chi connectivity index (χ1n) is 8.22. The normalized spacial score (nSPS) is 33.1. The predicted molar refractivity (Wildman–Crippen MR) is 84.3 cm³/mol. The summed E-state index contributed by atoms with van der Waals surface area (Å²) in [5.41, 5.74) is 2.58. The summed E-state index contributed by atoms with van der Waals surface area (Å²) in [6, 6.07) is 8.10. The molecule has 3 saturated carbocycles. The Morgan fingerprint density at radius 3 is 2.43 bits per heavy atom. The van der Waals surface area contributed by atoms with Gasteiger partial charge in [-0.3, -0.25) is 0 Å². The first kappa shape index (κ1) is 14.6. The van der Waals surface area contributed by atoms with Gasteiger partial charge in [-0.2, -0.15) is 0 Å². The Morgan fingerprint density at radius 1 is 1.24 bits per heavy atom. The van der Waals surface area contributed by atoms with Gasteiger partial charge in [-0.25, -0.2) is 4.79 Å². The fourth-order valence-electron chi connectivity index (χ4n) is 4.67. The zero-order chi connectivity index (χ0) is 15.2. The summed E-state index contributed by atoms with van der Waals surface area (Å²) in [6.45, 7) is 9.54. The van der Waals surface area contributed by atoms with E-state index >= 15 is 0 Å². The van der Waals surface area contributed by atoms with Crippen LogP contribution in [0, 0.1) is 23.2 Å².